The van der Waals surface area contributed by atoms with Gasteiger partial charge in [-0.3, -0.25) is 0 Å². The Hall–Kier alpha value is -0.460. The highest BCUT2D eigenvalue weighted by Gasteiger charge is 2.32. The number of alkyl halides is 6. The predicted molar refractivity (Wildman–Crippen MR) is 34.2 cm³/mol. The van der Waals surface area contributed by atoms with E-state index in [1.165, 1.54) is 0 Å². The third-order valence-electron chi connectivity index (χ3n) is 1.19. The summed E-state index contributed by atoms with van der Waals surface area (Å²) in [4.78, 5) is 0. The Bertz CT molecular complexity index is 148. The Labute approximate surface area is 71.1 Å². The van der Waals surface area contributed by atoms with Crippen molar-refractivity contribution in [2.75, 3.05) is 6.54 Å². The minimum Gasteiger partial charge on any atom is -0.306 e. The van der Waals surface area contributed by atoms with Crippen LogP contribution in [0.3, 0.4) is 0 Å². The maximum atomic E-state index is 11.6. The van der Waals surface area contributed by atoms with Crippen molar-refractivity contribution in [3.8, 4) is 0 Å². The number of rotatable bonds is 3. The minimum absolute atomic E-state index is 1.05. The zero-order valence-corrected chi connectivity index (χ0v) is 6.76. The molecule has 0 saturated heterocycles. The third-order valence-corrected chi connectivity index (χ3v) is 1.19. The summed E-state index contributed by atoms with van der Waals surface area (Å²) in [5, 5.41) is 1.73. The van der Waals surface area contributed by atoms with Gasteiger partial charge in [-0.15, -0.1) is 0 Å². The van der Waals surface area contributed by atoms with Crippen molar-refractivity contribution in [2.24, 2.45) is 0 Å². The fourth-order valence-electron chi connectivity index (χ4n) is 0.709. The van der Waals surface area contributed by atoms with Crippen LogP contribution in [0.4, 0.5) is 26.3 Å². The topological polar surface area (TPSA) is 12.0 Å². The van der Waals surface area contributed by atoms with Gasteiger partial charge in [0.15, 0.2) is 0 Å². The summed E-state index contributed by atoms with van der Waals surface area (Å²) in [6.45, 7) is -0.344. The van der Waals surface area contributed by atoms with Gasteiger partial charge in [0.2, 0.25) is 0 Å². The molecule has 0 aliphatic heterocycles. The maximum absolute atomic E-state index is 11.6. The molecule has 0 heterocycles. The van der Waals surface area contributed by atoms with Gasteiger partial charge in [0, 0.05) is 6.04 Å². The third kappa shape index (κ3) is 9.45. The van der Waals surface area contributed by atoms with Gasteiger partial charge in [0.25, 0.3) is 0 Å². The highest BCUT2D eigenvalue weighted by Crippen LogP contribution is 2.22. The molecule has 0 aliphatic carbocycles. The van der Waals surface area contributed by atoms with Crippen molar-refractivity contribution in [3.05, 3.63) is 0 Å². The fraction of sp³-hybridized carbons (Fsp3) is 1.00. The fourth-order valence-corrected chi connectivity index (χ4v) is 0.709. The average Bonchev–Trinajstić information content (AvgIpc) is 1.78. The molecule has 80 valence electrons. The molecule has 1 unspecified atom stereocenters. The smallest absolute Gasteiger partial charge is 0.306 e. The number of hydrogen-bond donors (Lipinski definition) is 1. The van der Waals surface area contributed by atoms with E-state index in [1.807, 2.05) is 0 Å². The van der Waals surface area contributed by atoms with E-state index in [0.29, 0.717) is 0 Å². The first-order chi connectivity index (χ1) is 5.60. The van der Waals surface area contributed by atoms with E-state index in [4.69, 9.17) is 0 Å². The van der Waals surface area contributed by atoms with Crippen LogP contribution >= 0.6 is 0 Å². The first-order valence-electron chi connectivity index (χ1n) is 3.47. The van der Waals surface area contributed by atoms with Crippen LogP contribution in [0.5, 0.6) is 0 Å². The summed E-state index contributed by atoms with van der Waals surface area (Å²) in [5.74, 6) is 0. The molecule has 0 aromatic carbocycles. The summed E-state index contributed by atoms with van der Waals surface area (Å²) in [6, 6.07) is -1.22. The van der Waals surface area contributed by atoms with E-state index in [2.05, 4.69) is 0 Å². The van der Waals surface area contributed by atoms with E-state index in [9.17, 15) is 26.3 Å². The summed E-state index contributed by atoms with van der Waals surface area (Å²) < 4.78 is 69.3. The molecule has 0 amide bonds. The van der Waals surface area contributed by atoms with Crippen molar-refractivity contribution in [3.63, 3.8) is 0 Å². The second kappa shape index (κ2) is 4.17. The Morgan fingerprint density at radius 1 is 1.00 bits per heavy atom. The van der Waals surface area contributed by atoms with Gasteiger partial charge in [0.1, 0.15) is 0 Å². The van der Waals surface area contributed by atoms with Crippen LogP contribution in [-0.4, -0.2) is 24.9 Å². The molecule has 0 spiro atoms. The quantitative estimate of drug-likeness (QED) is 0.704. The summed E-state index contributed by atoms with van der Waals surface area (Å²) in [7, 11) is 0. The molecule has 0 rings (SSSR count). The van der Waals surface area contributed by atoms with Gasteiger partial charge >= 0.3 is 12.4 Å². The average molecular weight is 209 g/mol. The van der Waals surface area contributed by atoms with Crippen LogP contribution < -0.4 is 5.32 Å². The molecule has 0 aromatic rings. The van der Waals surface area contributed by atoms with Crippen LogP contribution in [0.2, 0.25) is 0 Å². The first kappa shape index (κ1) is 12.5. The number of hydrogen-bond acceptors (Lipinski definition) is 1. The predicted octanol–water partition coefficient (Wildman–Crippen LogP) is 2.48. The minimum atomic E-state index is -4.47. The lowest BCUT2D eigenvalue weighted by atomic mass is 10.2. The van der Waals surface area contributed by atoms with Crippen LogP contribution in [0.1, 0.15) is 13.3 Å². The molecule has 0 aromatic heterocycles. The van der Waals surface area contributed by atoms with E-state index >= 15 is 0 Å². The van der Waals surface area contributed by atoms with Crippen molar-refractivity contribution >= 4 is 0 Å². The Morgan fingerprint density at radius 3 is 1.77 bits per heavy atom. The summed E-state index contributed by atoms with van der Waals surface area (Å²) in [6.07, 6.45) is -10.2. The van der Waals surface area contributed by atoms with E-state index in [-0.39, 0.29) is 0 Å². The lowest BCUT2D eigenvalue weighted by Gasteiger charge is -2.16. The van der Waals surface area contributed by atoms with Crippen molar-refractivity contribution in [2.45, 2.75) is 31.7 Å². The molecule has 0 aliphatic rings. The monoisotopic (exact) mass is 209 g/mol. The summed E-state index contributed by atoms with van der Waals surface area (Å²) >= 11 is 0. The zero-order chi connectivity index (χ0) is 10.7. The first-order valence-corrected chi connectivity index (χ1v) is 3.47. The Morgan fingerprint density at radius 2 is 1.46 bits per heavy atom. The maximum Gasteiger partial charge on any atom is 0.401 e. The van der Waals surface area contributed by atoms with E-state index < -0.39 is 31.4 Å². The molecular formula is C6H9F6N. The molecule has 13 heavy (non-hydrogen) atoms. The van der Waals surface area contributed by atoms with Gasteiger partial charge < -0.3 is 5.32 Å². The second-order valence-corrected chi connectivity index (χ2v) is 2.72. The van der Waals surface area contributed by atoms with Gasteiger partial charge in [-0.05, 0) is 6.92 Å². The largest absolute Gasteiger partial charge is 0.401 e. The Balaban J connectivity index is 3.70. The zero-order valence-electron chi connectivity index (χ0n) is 6.76. The molecule has 0 radical (unpaired) electrons. The Kier molecular flexibility index (Phi) is 4.02. The normalized spacial score (nSPS) is 15.9. The summed E-state index contributed by atoms with van der Waals surface area (Å²) in [5.41, 5.74) is 0. The van der Waals surface area contributed by atoms with Crippen LogP contribution in [0.15, 0.2) is 0 Å². The van der Waals surface area contributed by atoms with E-state index in [1.54, 1.807) is 5.32 Å². The molecule has 1 atom stereocenters. The SMILES string of the molecule is CC(CC(F)(F)F)NCC(F)(F)F. The van der Waals surface area contributed by atoms with Gasteiger partial charge in [-0.1, -0.05) is 0 Å². The highest BCUT2D eigenvalue weighted by atomic mass is 19.4. The van der Waals surface area contributed by atoms with Gasteiger partial charge in [-0.25, -0.2) is 0 Å². The highest BCUT2D eigenvalue weighted by molar-refractivity contribution is 4.67. The van der Waals surface area contributed by atoms with Crippen LogP contribution in [-0.2, 0) is 0 Å². The van der Waals surface area contributed by atoms with Crippen molar-refractivity contribution in [1.82, 2.24) is 5.32 Å². The molecule has 0 fully saturated rings. The lowest BCUT2D eigenvalue weighted by molar-refractivity contribution is -0.147. The van der Waals surface area contributed by atoms with Crippen molar-refractivity contribution in [1.29, 1.82) is 0 Å². The van der Waals surface area contributed by atoms with Crippen molar-refractivity contribution < 1.29 is 26.3 Å². The molecule has 0 bridgehead atoms. The van der Waals surface area contributed by atoms with Crippen LogP contribution in [0, 0.1) is 0 Å². The molecular weight excluding hydrogens is 200 g/mol. The molecule has 7 heteroatoms. The van der Waals surface area contributed by atoms with Gasteiger partial charge in [0.05, 0.1) is 13.0 Å². The second-order valence-electron chi connectivity index (χ2n) is 2.72. The van der Waals surface area contributed by atoms with Crippen LogP contribution in [0.25, 0.3) is 0 Å². The molecule has 1 nitrogen and oxygen atoms in total. The van der Waals surface area contributed by atoms with E-state index in [0.717, 1.165) is 6.92 Å². The molecule has 1 N–H and O–H groups in total. The standard InChI is InChI=1S/C6H9F6N/c1-4(2-5(7,8)9)13-3-6(10,11)12/h4,13H,2-3H2,1H3. The number of nitrogens with one attached hydrogen (secondary N) is 1. The van der Waals surface area contributed by atoms with Gasteiger partial charge in [-0.2, -0.15) is 26.3 Å². The number of halogens is 6. The molecule has 0 saturated carbocycles. The lowest BCUT2D eigenvalue weighted by Crippen LogP contribution is -2.37.